The zero-order valence-electron chi connectivity index (χ0n) is 27.6. The molecule has 0 fully saturated rings. The molecule has 4 heteroatoms. The van der Waals surface area contributed by atoms with Crippen LogP contribution < -0.4 is 0 Å². The van der Waals surface area contributed by atoms with E-state index >= 15 is 0 Å². The molecule has 0 atom stereocenters. The van der Waals surface area contributed by atoms with Crippen LogP contribution in [0.5, 0.6) is 0 Å². The van der Waals surface area contributed by atoms with Gasteiger partial charge in [0.25, 0.3) is 0 Å². The number of nitrogens with zero attached hydrogens (tertiary/aromatic N) is 4. The summed E-state index contributed by atoms with van der Waals surface area (Å²) in [6.45, 7) is 0. The molecule has 238 valence electrons. The molecule has 0 amide bonds. The van der Waals surface area contributed by atoms with Gasteiger partial charge in [-0.3, -0.25) is 9.13 Å². The topological polar surface area (TPSA) is 27.7 Å². The van der Waals surface area contributed by atoms with E-state index in [-0.39, 0.29) is 0 Å². The molecule has 11 aromatic rings. The van der Waals surface area contributed by atoms with Crippen molar-refractivity contribution in [3.05, 3.63) is 182 Å². The summed E-state index contributed by atoms with van der Waals surface area (Å²) >= 11 is 0. The summed E-state index contributed by atoms with van der Waals surface area (Å²) in [5, 5.41) is 7.38. The van der Waals surface area contributed by atoms with Gasteiger partial charge in [0.15, 0.2) is 0 Å². The molecule has 0 spiro atoms. The van der Waals surface area contributed by atoms with Gasteiger partial charge in [0.05, 0.1) is 33.1 Å². The number of rotatable bonds is 4. The molecule has 0 aliphatic carbocycles. The maximum absolute atomic E-state index is 5.39. The molecular formula is C47H30N4. The van der Waals surface area contributed by atoms with Crippen LogP contribution in [0.25, 0.3) is 93.9 Å². The highest BCUT2D eigenvalue weighted by Gasteiger charge is 2.20. The Labute approximate surface area is 293 Å². The first-order valence-corrected chi connectivity index (χ1v) is 17.4. The molecule has 4 aromatic heterocycles. The van der Waals surface area contributed by atoms with E-state index in [0.717, 1.165) is 39.4 Å². The Morgan fingerprint density at radius 2 is 0.784 bits per heavy atom. The minimum Gasteiger partial charge on any atom is -0.309 e. The number of fused-ring (bicyclic) bond motifs is 9. The summed E-state index contributed by atoms with van der Waals surface area (Å²) in [5.41, 5.74) is 10.5. The van der Waals surface area contributed by atoms with Crippen molar-refractivity contribution in [2.45, 2.75) is 0 Å². The number of benzene rings is 7. The maximum Gasteiger partial charge on any atom is 0.140 e. The molecule has 0 saturated heterocycles. The second kappa shape index (κ2) is 10.8. The summed E-state index contributed by atoms with van der Waals surface area (Å²) in [5.74, 6) is 1.78. The third kappa shape index (κ3) is 4.05. The lowest BCUT2D eigenvalue weighted by atomic mass is 9.98. The van der Waals surface area contributed by atoms with E-state index in [1.165, 1.54) is 54.5 Å². The fraction of sp³-hybridized carbons (Fsp3) is 0. The highest BCUT2D eigenvalue weighted by atomic mass is 15.1. The fourth-order valence-corrected chi connectivity index (χ4v) is 8.33. The molecule has 4 nitrogen and oxygen atoms in total. The van der Waals surface area contributed by atoms with Gasteiger partial charge in [-0.15, -0.1) is 0 Å². The molecule has 0 bridgehead atoms. The van der Waals surface area contributed by atoms with E-state index in [1.807, 2.05) is 0 Å². The molecule has 11 rings (SSSR count). The highest BCUT2D eigenvalue weighted by Crippen LogP contribution is 2.41. The molecule has 0 saturated carbocycles. The smallest absolute Gasteiger partial charge is 0.140 e. The van der Waals surface area contributed by atoms with Gasteiger partial charge in [0.2, 0.25) is 0 Å². The average molecular weight is 651 g/mol. The van der Waals surface area contributed by atoms with E-state index in [1.54, 1.807) is 0 Å². The summed E-state index contributed by atoms with van der Waals surface area (Å²) in [7, 11) is 0. The Balaban J connectivity index is 1.15. The fourth-order valence-electron chi connectivity index (χ4n) is 8.33. The van der Waals surface area contributed by atoms with Crippen LogP contribution >= 0.6 is 0 Å². The van der Waals surface area contributed by atoms with Crippen LogP contribution in [0.1, 0.15) is 0 Å². The van der Waals surface area contributed by atoms with Gasteiger partial charge in [-0.2, -0.15) is 0 Å². The first-order valence-electron chi connectivity index (χ1n) is 17.4. The number of pyridine rings is 1. The van der Waals surface area contributed by atoms with Crippen molar-refractivity contribution in [3.63, 3.8) is 0 Å². The van der Waals surface area contributed by atoms with Crippen molar-refractivity contribution in [2.75, 3.05) is 0 Å². The van der Waals surface area contributed by atoms with Gasteiger partial charge in [0, 0.05) is 38.0 Å². The van der Waals surface area contributed by atoms with E-state index in [9.17, 15) is 0 Å². The predicted molar refractivity (Wildman–Crippen MR) is 213 cm³/mol. The Kier molecular flexibility index (Phi) is 5.92. The highest BCUT2D eigenvalue weighted by molar-refractivity contribution is 6.17. The number of aromatic nitrogens is 4. The van der Waals surface area contributed by atoms with Crippen LogP contribution in [0.15, 0.2) is 182 Å². The molecule has 51 heavy (non-hydrogen) atoms. The standard InChI is InChI=1S/C47H30N4/c1-2-14-32(15-3-1)49-39-21-8-4-18-36(39)37-29-28-31(30-44(37)49)33-20-12-25-43-47(33)38-19-7-11-24-42(38)51(43)46-27-13-26-45(48-46)50-40-22-9-5-16-34(40)35-17-6-10-23-41(35)50/h1-30H. The molecule has 0 aliphatic rings. The minimum absolute atomic E-state index is 0.886. The quantitative estimate of drug-likeness (QED) is 0.186. The lowest BCUT2D eigenvalue weighted by molar-refractivity contribution is 1.01. The van der Waals surface area contributed by atoms with Crippen molar-refractivity contribution in [2.24, 2.45) is 0 Å². The Bertz CT molecular complexity index is 3090. The van der Waals surface area contributed by atoms with Crippen molar-refractivity contribution < 1.29 is 0 Å². The summed E-state index contributed by atoms with van der Waals surface area (Å²) in [4.78, 5) is 5.39. The maximum atomic E-state index is 5.39. The molecular weight excluding hydrogens is 621 g/mol. The van der Waals surface area contributed by atoms with Gasteiger partial charge in [0.1, 0.15) is 11.6 Å². The van der Waals surface area contributed by atoms with Gasteiger partial charge in [-0.25, -0.2) is 4.98 Å². The van der Waals surface area contributed by atoms with Crippen molar-refractivity contribution in [1.82, 2.24) is 18.7 Å². The molecule has 4 heterocycles. The van der Waals surface area contributed by atoms with Gasteiger partial charge >= 0.3 is 0 Å². The molecule has 0 unspecified atom stereocenters. The molecule has 7 aromatic carbocycles. The zero-order chi connectivity index (χ0) is 33.5. The average Bonchev–Trinajstić information content (AvgIpc) is 3.84. The van der Waals surface area contributed by atoms with Crippen LogP contribution in [0.3, 0.4) is 0 Å². The van der Waals surface area contributed by atoms with Gasteiger partial charge < -0.3 is 4.57 Å². The predicted octanol–water partition coefficient (Wildman–Crippen LogP) is 12.0. The molecule has 0 radical (unpaired) electrons. The zero-order valence-corrected chi connectivity index (χ0v) is 27.6. The van der Waals surface area contributed by atoms with Crippen LogP contribution in [-0.4, -0.2) is 18.7 Å². The van der Waals surface area contributed by atoms with E-state index in [0.29, 0.717) is 0 Å². The monoisotopic (exact) mass is 650 g/mol. The number of para-hydroxylation sites is 5. The SMILES string of the molecule is c1ccc(-n2c3ccccc3c3ccc(-c4cccc5c4c4ccccc4n5-c4cccc(-n5c6ccccc6c6ccccc65)n4)cc32)cc1. The lowest BCUT2D eigenvalue weighted by Gasteiger charge is -2.12. The first kappa shape index (κ1) is 28.0. The number of hydrogen-bond acceptors (Lipinski definition) is 1. The number of hydrogen-bond donors (Lipinski definition) is 0. The minimum atomic E-state index is 0.886. The van der Waals surface area contributed by atoms with Crippen molar-refractivity contribution in [3.8, 4) is 28.5 Å². The van der Waals surface area contributed by atoms with E-state index < -0.39 is 0 Å². The van der Waals surface area contributed by atoms with Crippen LogP contribution in [0.4, 0.5) is 0 Å². The van der Waals surface area contributed by atoms with Crippen LogP contribution in [0, 0.1) is 0 Å². The normalized spacial score (nSPS) is 11.9. The van der Waals surface area contributed by atoms with Crippen molar-refractivity contribution >= 4 is 65.4 Å². The third-order valence-corrected chi connectivity index (χ3v) is 10.5. The summed E-state index contributed by atoms with van der Waals surface area (Å²) in [6.07, 6.45) is 0. The van der Waals surface area contributed by atoms with E-state index in [4.69, 9.17) is 4.98 Å². The van der Waals surface area contributed by atoms with Crippen LogP contribution in [-0.2, 0) is 0 Å². The lowest BCUT2D eigenvalue weighted by Crippen LogP contribution is -2.03. The largest absolute Gasteiger partial charge is 0.309 e. The second-order valence-corrected chi connectivity index (χ2v) is 13.2. The summed E-state index contributed by atoms with van der Waals surface area (Å²) < 4.78 is 7.00. The van der Waals surface area contributed by atoms with Gasteiger partial charge in [-0.05, 0) is 71.8 Å². The third-order valence-electron chi connectivity index (χ3n) is 10.5. The van der Waals surface area contributed by atoms with Crippen molar-refractivity contribution in [1.29, 1.82) is 0 Å². The summed E-state index contributed by atoms with van der Waals surface area (Å²) in [6, 6.07) is 65.3. The Morgan fingerprint density at radius 3 is 1.43 bits per heavy atom. The first-order chi connectivity index (χ1) is 25.3. The van der Waals surface area contributed by atoms with E-state index in [2.05, 4.69) is 196 Å². The Morgan fingerprint density at radius 1 is 0.314 bits per heavy atom. The molecule has 0 aliphatic heterocycles. The Hall–Kier alpha value is -6.91. The molecule has 0 N–H and O–H groups in total. The van der Waals surface area contributed by atoms with Crippen LogP contribution in [0.2, 0.25) is 0 Å². The second-order valence-electron chi connectivity index (χ2n) is 13.2. The van der Waals surface area contributed by atoms with Gasteiger partial charge in [-0.1, -0.05) is 121 Å².